The van der Waals surface area contributed by atoms with E-state index in [1.165, 1.54) is 0 Å². The summed E-state index contributed by atoms with van der Waals surface area (Å²) in [6.45, 7) is 0. The van der Waals surface area contributed by atoms with Crippen molar-refractivity contribution in [3.05, 3.63) is 27.6 Å². The molecule has 1 aromatic heterocycles. The van der Waals surface area contributed by atoms with Crippen LogP contribution in [0.4, 0.5) is 0 Å². The van der Waals surface area contributed by atoms with Crippen molar-refractivity contribution >= 4 is 40.8 Å². The van der Waals surface area contributed by atoms with E-state index in [1.807, 2.05) is 12.1 Å². The van der Waals surface area contributed by atoms with Crippen LogP contribution in [0, 0.1) is 8.98 Å². The largest absolute Gasteiger partial charge is 0.382 e. The third kappa shape index (κ3) is 2.63. The summed E-state index contributed by atoms with van der Waals surface area (Å²) < 4.78 is 0.910. The Morgan fingerprint density at radius 3 is 2.64 bits per heavy atom. The zero-order valence-electron chi connectivity index (χ0n) is 5.54. The Labute approximate surface area is 84.5 Å². The topological polar surface area (TPSA) is 62.8 Å². The van der Waals surface area contributed by atoms with Crippen molar-refractivity contribution in [3.8, 4) is 0 Å². The van der Waals surface area contributed by atoms with Crippen molar-refractivity contribution in [1.82, 2.24) is 4.98 Å². The summed E-state index contributed by atoms with van der Waals surface area (Å²) in [5, 5.41) is 7.09. The Hall–Kier alpha value is -0.360. The molecule has 0 radical (unpaired) electrons. The van der Waals surface area contributed by atoms with Gasteiger partial charge in [0.15, 0.2) is 0 Å². The highest BCUT2D eigenvalue weighted by molar-refractivity contribution is 14.1. The van der Waals surface area contributed by atoms with E-state index < -0.39 is 0 Å². The molecule has 0 aliphatic carbocycles. The first-order chi connectivity index (χ1) is 4.72. The Morgan fingerprint density at radius 2 is 2.27 bits per heavy atom. The van der Waals surface area contributed by atoms with Gasteiger partial charge < -0.3 is 5.73 Å². The monoisotopic (exact) mass is 283 g/mol. The molecule has 0 unspecified atom stereocenters. The molecular weight excluding hydrogens is 276 g/mol. The molecule has 5 heteroatoms. The van der Waals surface area contributed by atoms with Gasteiger partial charge in [-0.05, 0) is 34.7 Å². The number of hydrogen-bond acceptors (Lipinski definition) is 2. The van der Waals surface area contributed by atoms with Gasteiger partial charge in [-0.15, -0.1) is 12.4 Å². The zero-order valence-corrected chi connectivity index (χ0v) is 8.52. The van der Waals surface area contributed by atoms with Crippen molar-refractivity contribution in [2.75, 3.05) is 0 Å². The fraction of sp³-hybridized carbons (Fsp3) is 0. The first-order valence-electron chi connectivity index (χ1n) is 2.66. The van der Waals surface area contributed by atoms with E-state index in [-0.39, 0.29) is 18.2 Å². The van der Waals surface area contributed by atoms with Crippen LogP contribution in [-0.4, -0.2) is 10.8 Å². The van der Waals surface area contributed by atoms with E-state index in [4.69, 9.17) is 11.1 Å². The Kier molecular flexibility index (Phi) is 4.36. The van der Waals surface area contributed by atoms with Crippen LogP contribution >= 0.6 is 35.0 Å². The lowest BCUT2D eigenvalue weighted by Gasteiger charge is -1.97. The van der Waals surface area contributed by atoms with Gasteiger partial charge in [0.05, 0.1) is 0 Å². The second-order valence-electron chi connectivity index (χ2n) is 1.75. The summed E-state index contributed by atoms with van der Waals surface area (Å²) in [7, 11) is 0. The van der Waals surface area contributed by atoms with Crippen LogP contribution in [0.2, 0.25) is 0 Å². The van der Waals surface area contributed by atoms with E-state index in [1.54, 1.807) is 6.20 Å². The van der Waals surface area contributed by atoms with Crippen molar-refractivity contribution in [2.45, 2.75) is 0 Å². The Bertz CT molecular complexity index is 264. The fourth-order valence-corrected chi connectivity index (χ4v) is 1.22. The minimum absolute atomic E-state index is 0. The molecule has 0 aliphatic heterocycles. The number of nitrogens with one attached hydrogen (secondary N) is 1. The van der Waals surface area contributed by atoms with E-state index in [2.05, 4.69) is 27.6 Å². The molecule has 0 atom stereocenters. The maximum atomic E-state index is 7.09. The van der Waals surface area contributed by atoms with Crippen LogP contribution in [0.15, 0.2) is 18.3 Å². The highest BCUT2D eigenvalue weighted by Crippen LogP contribution is 2.06. The zero-order chi connectivity index (χ0) is 7.56. The number of halogens is 2. The minimum Gasteiger partial charge on any atom is -0.382 e. The Balaban J connectivity index is 0.000001000. The molecule has 3 nitrogen and oxygen atoms in total. The van der Waals surface area contributed by atoms with Gasteiger partial charge >= 0.3 is 0 Å². The average molecular weight is 284 g/mol. The molecule has 1 aromatic rings. The quantitative estimate of drug-likeness (QED) is 0.465. The van der Waals surface area contributed by atoms with Crippen molar-refractivity contribution in [2.24, 2.45) is 5.73 Å². The third-order valence-corrected chi connectivity index (χ3v) is 1.88. The van der Waals surface area contributed by atoms with Gasteiger partial charge in [-0.25, -0.2) is 0 Å². The average Bonchev–Trinajstić information content (AvgIpc) is 1.88. The third-order valence-electron chi connectivity index (χ3n) is 1.01. The Morgan fingerprint density at radius 1 is 1.64 bits per heavy atom. The van der Waals surface area contributed by atoms with E-state index in [9.17, 15) is 0 Å². The SMILES string of the molecule is Cl.N=C(N)c1ncccc1I. The number of rotatable bonds is 1. The molecule has 0 aromatic carbocycles. The summed E-state index contributed by atoms with van der Waals surface area (Å²) in [4.78, 5) is 3.92. The van der Waals surface area contributed by atoms with Crippen LogP contribution in [0.1, 0.15) is 5.69 Å². The van der Waals surface area contributed by atoms with Crippen molar-refractivity contribution in [3.63, 3.8) is 0 Å². The fourth-order valence-electron chi connectivity index (χ4n) is 0.584. The number of aromatic nitrogens is 1. The predicted octanol–water partition coefficient (Wildman–Crippen LogP) is 1.39. The number of pyridine rings is 1. The second-order valence-corrected chi connectivity index (χ2v) is 2.91. The first-order valence-corrected chi connectivity index (χ1v) is 3.74. The molecule has 1 heterocycles. The molecule has 11 heavy (non-hydrogen) atoms. The van der Waals surface area contributed by atoms with Crippen LogP contribution in [0.25, 0.3) is 0 Å². The number of nitrogen functional groups attached to an aromatic ring is 1. The second kappa shape index (κ2) is 4.50. The molecule has 0 aliphatic rings. The summed E-state index contributed by atoms with van der Waals surface area (Å²) in [5.74, 6) is 0.0185. The van der Waals surface area contributed by atoms with Crippen LogP contribution in [0.5, 0.6) is 0 Å². The number of nitrogens with zero attached hydrogens (tertiary/aromatic N) is 1. The van der Waals surface area contributed by atoms with Gasteiger partial charge in [0.2, 0.25) is 0 Å². The molecular formula is C6H7ClIN3. The minimum atomic E-state index is 0. The first kappa shape index (κ1) is 10.6. The summed E-state index contributed by atoms with van der Waals surface area (Å²) >= 11 is 2.09. The van der Waals surface area contributed by atoms with Gasteiger partial charge in [-0.1, -0.05) is 0 Å². The van der Waals surface area contributed by atoms with Gasteiger partial charge in [0, 0.05) is 9.77 Å². The van der Waals surface area contributed by atoms with E-state index >= 15 is 0 Å². The smallest absolute Gasteiger partial charge is 0.142 e. The summed E-state index contributed by atoms with van der Waals surface area (Å²) in [5.41, 5.74) is 5.79. The molecule has 60 valence electrons. The van der Waals surface area contributed by atoms with Crippen molar-refractivity contribution in [1.29, 1.82) is 5.41 Å². The van der Waals surface area contributed by atoms with Crippen LogP contribution in [-0.2, 0) is 0 Å². The predicted molar refractivity (Wildman–Crippen MR) is 55.2 cm³/mol. The maximum Gasteiger partial charge on any atom is 0.142 e. The molecule has 0 saturated heterocycles. The highest BCUT2D eigenvalue weighted by Gasteiger charge is 2.00. The molecule has 3 N–H and O–H groups in total. The lowest BCUT2D eigenvalue weighted by molar-refractivity contribution is 1.24. The van der Waals surface area contributed by atoms with Gasteiger partial charge in [0.1, 0.15) is 11.5 Å². The standard InChI is InChI=1S/C6H6IN3.ClH/c7-4-2-1-3-10-5(4)6(8)9;/h1-3H,(H3,8,9);1H. The number of nitrogens with two attached hydrogens (primary N) is 1. The van der Waals surface area contributed by atoms with E-state index in [0.29, 0.717) is 5.69 Å². The van der Waals surface area contributed by atoms with Gasteiger partial charge in [0.25, 0.3) is 0 Å². The maximum absolute atomic E-state index is 7.09. The molecule has 0 bridgehead atoms. The molecule has 0 amide bonds. The summed E-state index contributed by atoms with van der Waals surface area (Å²) in [6.07, 6.45) is 1.62. The van der Waals surface area contributed by atoms with Crippen molar-refractivity contribution < 1.29 is 0 Å². The van der Waals surface area contributed by atoms with E-state index in [0.717, 1.165) is 3.57 Å². The summed E-state index contributed by atoms with van der Waals surface area (Å²) in [6, 6.07) is 3.68. The highest BCUT2D eigenvalue weighted by atomic mass is 127. The number of amidine groups is 1. The lowest BCUT2D eigenvalue weighted by Crippen LogP contribution is -2.14. The van der Waals surface area contributed by atoms with Crippen LogP contribution in [0.3, 0.4) is 0 Å². The lowest BCUT2D eigenvalue weighted by atomic mass is 10.3. The molecule has 0 saturated carbocycles. The number of hydrogen-bond donors (Lipinski definition) is 2. The molecule has 0 spiro atoms. The van der Waals surface area contributed by atoms with Crippen LogP contribution < -0.4 is 5.73 Å². The van der Waals surface area contributed by atoms with Gasteiger partial charge in [-0.2, -0.15) is 0 Å². The normalized spacial score (nSPS) is 8.45. The van der Waals surface area contributed by atoms with Gasteiger partial charge in [-0.3, -0.25) is 10.4 Å². The molecule has 0 fully saturated rings. The molecule has 1 rings (SSSR count).